The summed E-state index contributed by atoms with van der Waals surface area (Å²) < 4.78 is 20.6. The number of benzene rings is 1. The Morgan fingerprint density at radius 2 is 1.68 bits per heavy atom. The molecule has 1 amide bonds. The van der Waals surface area contributed by atoms with Crippen LogP contribution in [0.25, 0.3) is 0 Å². The molecule has 0 saturated heterocycles. The summed E-state index contributed by atoms with van der Waals surface area (Å²) in [6.07, 6.45) is 0. The maximum atomic E-state index is 12.3. The molecule has 1 atom stereocenters. The first-order chi connectivity index (χ1) is 11.9. The molecule has 0 aromatic heterocycles. The van der Waals surface area contributed by atoms with Crippen LogP contribution in [0.5, 0.6) is 17.2 Å². The number of ether oxygens (including phenoxy) is 4. The Morgan fingerprint density at radius 3 is 2.12 bits per heavy atom. The molecule has 0 heterocycles. The number of hydrogen-bond donors (Lipinski definition) is 1. The van der Waals surface area contributed by atoms with E-state index in [1.165, 1.54) is 33.5 Å². The molecule has 0 spiro atoms. The Hall–Kier alpha value is -2.77. The van der Waals surface area contributed by atoms with E-state index in [4.69, 9.17) is 18.9 Å². The van der Waals surface area contributed by atoms with E-state index in [9.17, 15) is 9.59 Å². The average molecular weight is 352 g/mol. The largest absolute Gasteiger partial charge is 0.493 e. The van der Waals surface area contributed by atoms with Crippen molar-refractivity contribution < 1.29 is 28.5 Å². The van der Waals surface area contributed by atoms with Crippen LogP contribution in [0.1, 0.15) is 31.1 Å². The first-order valence-corrected chi connectivity index (χ1v) is 7.70. The fraction of sp³-hybridized carbons (Fsp3) is 0.471. The van der Waals surface area contributed by atoms with Crippen LogP contribution in [-0.4, -0.2) is 45.5 Å². The van der Waals surface area contributed by atoms with Crippen molar-refractivity contribution >= 4 is 17.6 Å². The number of rotatable bonds is 8. The predicted molar refractivity (Wildman–Crippen MR) is 92.5 cm³/mol. The minimum atomic E-state index is -0.555. The molecule has 8 heteroatoms. The van der Waals surface area contributed by atoms with Crippen molar-refractivity contribution in [2.45, 2.75) is 20.8 Å². The predicted octanol–water partition coefficient (Wildman–Crippen LogP) is 2.02. The fourth-order valence-electron chi connectivity index (χ4n) is 1.95. The first kappa shape index (κ1) is 20.3. The maximum Gasteiger partial charge on any atom is 0.314 e. The standard InChI is InChI=1S/C17H24N2O6/c1-7-25-17(21)10(2)11(3)18-19-16(20)12-8-13(22-4)15(24-6)14(9-12)23-5/h8-10H,7H2,1-6H3,(H,19,20). The van der Waals surface area contributed by atoms with Crippen molar-refractivity contribution in [3.63, 3.8) is 0 Å². The van der Waals surface area contributed by atoms with Crippen LogP contribution in [0.4, 0.5) is 0 Å². The van der Waals surface area contributed by atoms with Crippen molar-refractivity contribution in [3.8, 4) is 17.2 Å². The number of hydrazone groups is 1. The van der Waals surface area contributed by atoms with Gasteiger partial charge in [-0.05, 0) is 32.9 Å². The van der Waals surface area contributed by atoms with Gasteiger partial charge < -0.3 is 18.9 Å². The number of nitrogens with one attached hydrogen (secondary N) is 1. The van der Waals surface area contributed by atoms with Gasteiger partial charge in [0.1, 0.15) is 0 Å². The van der Waals surface area contributed by atoms with Crippen molar-refractivity contribution in [1.82, 2.24) is 5.43 Å². The van der Waals surface area contributed by atoms with E-state index in [0.29, 0.717) is 23.0 Å². The van der Waals surface area contributed by atoms with Gasteiger partial charge in [-0.3, -0.25) is 9.59 Å². The lowest BCUT2D eigenvalue weighted by atomic mass is 10.1. The highest BCUT2D eigenvalue weighted by Gasteiger charge is 2.19. The Labute approximate surface area is 147 Å². The zero-order valence-electron chi connectivity index (χ0n) is 15.3. The Morgan fingerprint density at radius 1 is 1.12 bits per heavy atom. The summed E-state index contributed by atoms with van der Waals surface area (Å²) in [6, 6.07) is 3.02. The molecule has 1 aromatic carbocycles. The maximum absolute atomic E-state index is 12.3. The Balaban J connectivity index is 2.97. The van der Waals surface area contributed by atoms with Crippen LogP contribution in [0.3, 0.4) is 0 Å². The van der Waals surface area contributed by atoms with E-state index < -0.39 is 17.8 Å². The van der Waals surface area contributed by atoms with Gasteiger partial charge in [0.15, 0.2) is 11.5 Å². The third kappa shape index (κ3) is 5.10. The van der Waals surface area contributed by atoms with Gasteiger partial charge in [0.05, 0.1) is 33.9 Å². The molecule has 1 unspecified atom stereocenters. The lowest BCUT2D eigenvalue weighted by Gasteiger charge is -2.14. The summed E-state index contributed by atoms with van der Waals surface area (Å²) in [5.74, 6) is -0.335. The molecule has 138 valence electrons. The third-order valence-corrected chi connectivity index (χ3v) is 3.53. The van der Waals surface area contributed by atoms with Crippen molar-refractivity contribution in [2.24, 2.45) is 11.0 Å². The fourth-order valence-corrected chi connectivity index (χ4v) is 1.95. The van der Waals surface area contributed by atoms with Crippen LogP contribution in [0.2, 0.25) is 0 Å². The number of methoxy groups -OCH3 is 3. The zero-order valence-corrected chi connectivity index (χ0v) is 15.3. The number of hydrogen-bond acceptors (Lipinski definition) is 7. The van der Waals surface area contributed by atoms with E-state index >= 15 is 0 Å². The molecule has 0 saturated carbocycles. The van der Waals surface area contributed by atoms with Crippen LogP contribution in [0.15, 0.2) is 17.2 Å². The second-order valence-electron chi connectivity index (χ2n) is 5.08. The van der Waals surface area contributed by atoms with Gasteiger partial charge in [-0.15, -0.1) is 0 Å². The van der Waals surface area contributed by atoms with Crippen molar-refractivity contribution in [3.05, 3.63) is 17.7 Å². The molecular weight excluding hydrogens is 328 g/mol. The summed E-state index contributed by atoms with van der Waals surface area (Å²) in [4.78, 5) is 24.0. The molecule has 0 radical (unpaired) electrons. The summed E-state index contributed by atoms with van der Waals surface area (Å²) >= 11 is 0. The van der Waals surface area contributed by atoms with E-state index in [2.05, 4.69) is 10.5 Å². The molecular formula is C17H24N2O6. The summed E-state index contributed by atoms with van der Waals surface area (Å²) in [5.41, 5.74) is 3.11. The van der Waals surface area contributed by atoms with Gasteiger partial charge in [0.2, 0.25) is 5.75 Å². The quantitative estimate of drug-likeness (QED) is 0.437. The number of esters is 1. The number of nitrogens with zero attached hydrogens (tertiary/aromatic N) is 1. The lowest BCUT2D eigenvalue weighted by molar-refractivity contribution is -0.145. The van der Waals surface area contributed by atoms with E-state index in [0.717, 1.165) is 0 Å². The highest BCUT2D eigenvalue weighted by Crippen LogP contribution is 2.38. The van der Waals surface area contributed by atoms with E-state index in [1.54, 1.807) is 20.8 Å². The third-order valence-electron chi connectivity index (χ3n) is 3.53. The van der Waals surface area contributed by atoms with Gasteiger partial charge >= 0.3 is 5.97 Å². The lowest BCUT2D eigenvalue weighted by Crippen LogP contribution is -2.26. The molecule has 0 aliphatic carbocycles. The Bertz CT molecular complexity index is 632. The van der Waals surface area contributed by atoms with Gasteiger partial charge in [0.25, 0.3) is 5.91 Å². The molecule has 1 aromatic rings. The number of amides is 1. The van der Waals surface area contributed by atoms with Crippen LogP contribution < -0.4 is 19.6 Å². The van der Waals surface area contributed by atoms with E-state index in [-0.39, 0.29) is 12.2 Å². The van der Waals surface area contributed by atoms with Crippen LogP contribution in [-0.2, 0) is 9.53 Å². The molecule has 1 rings (SSSR count). The average Bonchev–Trinajstić information content (AvgIpc) is 2.63. The van der Waals surface area contributed by atoms with Crippen molar-refractivity contribution in [2.75, 3.05) is 27.9 Å². The minimum Gasteiger partial charge on any atom is -0.493 e. The first-order valence-electron chi connectivity index (χ1n) is 7.70. The summed E-state index contributed by atoms with van der Waals surface area (Å²) in [5, 5.41) is 3.96. The molecule has 8 nitrogen and oxygen atoms in total. The van der Waals surface area contributed by atoms with Crippen LogP contribution >= 0.6 is 0 Å². The minimum absolute atomic E-state index is 0.273. The molecule has 25 heavy (non-hydrogen) atoms. The molecule has 0 bridgehead atoms. The molecule has 0 aliphatic rings. The smallest absolute Gasteiger partial charge is 0.314 e. The van der Waals surface area contributed by atoms with Crippen molar-refractivity contribution in [1.29, 1.82) is 0 Å². The summed E-state index contributed by atoms with van der Waals surface area (Å²) in [7, 11) is 4.40. The topological polar surface area (TPSA) is 95.5 Å². The monoisotopic (exact) mass is 352 g/mol. The molecule has 0 fully saturated rings. The van der Waals surface area contributed by atoms with Crippen LogP contribution in [0, 0.1) is 5.92 Å². The number of carbonyl (C=O) groups is 2. The SMILES string of the molecule is CCOC(=O)C(C)C(C)=NNC(=O)c1cc(OC)c(OC)c(OC)c1. The normalized spacial score (nSPS) is 12.2. The molecule has 0 aliphatic heterocycles. The van der Waals surface area contributed by atoms with Gasteiger partial charge in [-0.2, -0.15) is 5.10 Å². The Kier molecular flexibility index (Phi) is 7.71. The molecule has 1 N–H and O–H groups in total. The second kappa shape index (κ2) is 9.51. The highest BCUT2D eigenvalue weighted by molar-refractivity contribution is 6.02. The summed E-state index contributed by atoms with van der Waals surface area (Å²) in [6.45, 7) is 5.30. The number of carbonyl (C=O) groups excluding carboxylic acids is 2. The second-order valence-corrected chi connectivity index (χ2v) is 5.08. The van der Waals surface area contributed by atoms with Gasteiger partial charge in [0, 0.05) is 11.3 Å². The zero-order chi connectivity index (χ0) is 19.0. The van der Waals surface area contributed by atoms with Gasteiger partial charge in [-0.1, -0.05) is 0 Å². The van der Waals surface area contributed by atoms with E-state index in [1.807, 2.05) is 0 Å². The van der Waals surface area contributed by atoms with Gasteiger partial charge in [-0.25, -0.2) is 5.43 Å². The highest BCUT2D eigenvalue weighted by atomic mass is 16.5.